The third-order valence-corrected chi connectivity index (χ3v) is 7.64. The van der Waals surface area contributed by atoms with Crippen molar-refractivity contribution in [3.63, 3.8) is 0 Å². The molecule has 0 unspecified atom stereocenters. The van der Waals surface area contributed by atoms with Gasteiger partial charge in [-0.15, -0.1) is 0 Å². The normalized spacial score (nSPS) is 12.8. The van der Waals surface area contributed by atoms with Crippen LogP contribution in [0.15, 0.2) is 133 Å². The van der Waals surface area contributed by atoms with Crippen LogP contribution in [0.2, 0.25) is 0 Å². The van der Waals surface area contributed by atoms with Crippen LogP contribution in [0.5, 0.6) is 0 Å². The largest absolute Gasteiger partial charge is 0.344 e. The summed E-state index contributed by atoms with van der Waals surface area (Å²) in [6.07, 6.45) is 1.61. The summed E-state index contributed by atoms with van der Waals surface area (Å²) in [4.78, 5) is 2.29. The zero-order valence-corrected chi connectivity index (χ0v) is 21.5. The molecule has 5 aromatic rings. The molecule has 0 saturated carbocycles. The second-order valence-corrected chi connectivity index (χ2v) is 9.69. The number of nitriles is 2. The number of hydrogen-bond acceptors (Lipinski definition) is 3. The van der Waals surface area contributed by atoms with Crippen molar-refractivity contribution in [3.8, 4) is 23.3 Å². The molecule has 0 N–H and O–H groups in total. The molecule has 0 radical (unpaired) electrons. The van der Waals surface area contributed by atoms with Gasteiger partial charge in [-0.25, -0.2) is 0 Å². The van der Waals surface area contributed by atoms with E-state index in [4.69, 9.17) is 10.5 Å². The highest BCUT2D eigenvalue weighted by atomic mass is 15.1. The molecular formula is C36H25N3. The van der Waals surface area contributed by atoms with Crippen LogP contribution in [0, 0.1) is 22.7 Å². The molecule has 5 aromatic carbocycles. The van der Waals surface area contributed by atoms with Crippen LogP contribution in [-0.4, -0.2) is 7.05 Å². The first-order chi connectivity index (χ1) is 19.2. The fourth-order valence-electron chi connectivity index (χ4n) is 5.86. The van der Waals surface area contributed by atoms with Gasteiger partial charge in [0.1, 0.15) is 17.7 Å². The van der Waals surface area contributed by atoms with Crippen LogP contribution in [0.25, 0.3) is 17.2 Å². The van der Waals surface area contributed by atoms with E-state index < -0.39 is 5.41 Å². The van der Waals surface area contributed by atoms with Crippen molar-refractivity contribution >= 4 is 17.5 Å². The maximum absolute atomic E-state index is 9.12. The predicted molar refractivity (Wildman–Crippen MR) is 157 cm³/mol. The maximum atomic E-state index is 9.12. The van der Waals surface area contributed by atoms with Gasteiger partial charge >= 0.3 is 0 Å². The lowest BCUT2D eigenvalue weighted by Gasteiger charge is -2.45. The Morgan fingerprint density at radius 1 is 0.615 bits per heavy atom. The first-order valence-corrected chi connectivity index (χ1v) is 12.9. The minimum atomic E-state index is -0.506. The lowest BCUT2D eigenvalue weighted by atomic mass is 9.62. The molecule has 184 valence electrons. The van der Waals surface area contributed by atoms with E-state index in [1.807, 2.05) is 36.4 Å². The van der Waals surface area contributed by atoms with Gasteiger partial charge in [-0.05, 0) is 63.2 Å². The fraction of sp³-hybridized carbons (Fsp3) is 0.0556. The second kappa shape index (κ2) is 9.82. The summed E-state index contributed by atoms with van der Waals surface area (Å²) >= 11 is 0. The number of nitrogens with zero attached hydrogens (tertiary/aromatic N) is 3. The van der Waals surface area contributed by atoms with Crippen LogP contribution in [0.4, 0.5) is 11.4 Å². The average molecular weight is 500 g/mol. The zero-order valence-electron chi connectivity index (χ0n) is 21.5. The topological polar surface area (TPSA) is 50.8 Å². The fourth-order valence-corrected chi connectivity index (χ4v) is 5.86. The van der Waals surface area contributed by atoms with Crippen molar-refractivity contribution < 1.29 is 0 Å². The van der Waals surface area contributed by atoms with Gasteiger partial charge < -0.3 is 4.90 Å². The zero-order chi connectivity index (χ0) is 26.8. The van der Waals surface area contributed by atoms with Crippen molar-refractivity contribution in [2.75, 3.05) is 11.9 Å². The molecule has 1 heterocycles. The Morgan fingerprint density at radius 3 is 1.77 bits per heavy atom. The number of rotatable bonds is 4. The molecule has 0 aromatic heterocycles. The van der Waals surface area contributed by atoms with Crippen LogP contribution >= 0.6 is 0 Å². The molecule has 0 aliphatic carbocycles. The highest BCUT2D eigenvalue weighted by Crippen LogP contribution is 2.55. The summed E-state index contributed by atoms with van der Waals surface area (Å²) < 4.78 is 0. The van der Waals surface area contributed by atoms with E-state index in [0.717, 1.165) is 22.4 Å². The number of allylic oxidation sites excluding steroid dienone is 1. The molecule has 1 aliphatic heterocycles. The predicted octanol–water partition coefficient (Wildman–Crippen LogP) is 8.25. The summed E-state index contributed by atoms with van der Waals surface area (Å²) in [5, 5.41) is 18.2. The van der Waals surface area contributed by atoms with Gasteiger partial charge in [-0.2, -0.15) is 10.5 Å². The minimum absolute atomic E-state index is 0.0914. The molecule has 0 saturated heterocycles. The Hall–Kier alpha value is -5.38. The van der Waals surface area contributed by atoms with Gasteiger partial charge in [0.2, 0.25) is 0 Å². The van der Waals surface area contributed by atoms with Gasteiger partial charge in [0.15, 0.2) is 0 Å². The van der Waals surface area contributed by atoms with Crippen LogP contribution in [-0.2, 0) is 5.41 Å². The summed E-state index contributed by atoms with van der Waals surface area (Å²) in [5.74, 6) is 0. The lowest BCUT2D eigenvalue weighted by molar-refractivity contribution is 0.728. The molecule has 0 atom stereocenters. The number of anilines is 2. The monoisotopic (exact) mass is 499 g/mol. The second-order valence-electron chi connectivity index (χ2n) is 9.69. The van der Waals surface area contributed by atoms with Gasteiger partial charge in [0.05, 0.1) is 5.41 Å². The Kier molecular flexibility index (Phi) is 6.04. The molecule has 3 nitrogen and oxygen atoms in total. The van der Waals surface area contributed by atoms with Gasteiger partial charge in [-0.3, -0.25) is 0 Å². The van der Waals surface area contributed by atoms with Gasteiger partial charge in [0, 0.05) is 18.4 Å². The van der Waals surface area contributed by atoms with Crippen molar-refractivity contribution in [1.82, 2.24) is 0 Å². The molecule has 0 spiro atoms. The smallest absolute Gasteiger partial charge is 0.130 e. The minimum Gasteiger partial charge on any atom is -0.344 e. The van der Waals surface area contributed by atoms with Crippen molar-refractivity contribution in [2.45, 2.75) is 5.41 Å². The van der Waals surface area contributed by atoms with Crippen LogP contribution in [0.1, 0.15) is 27.8 Å². The molecule has 1 aliphatic rings. The average Bonchev–Trinajstić information content (AvgIpc) is 3.01. The van der Waals surface area contributed by atoms with E-state index in [0.29, 0.717) is 0 Å². The Balaban J connectivity index is 1.62. The summed E-state index contributed by atoms with van der Waals surface area (Å²) in [5.41, 5.74) is 9.84. The standard InChI is InChI=1S/C36H25N3/c1-39-34-15-9-8-14-32(34)36(30-10-4-2-5-11-30,31-12-6-3-7-13-31)33-23-29(20-21-35(33)39)28-18-16-26(17-19-28)22-27(24-37)25-38/h2-23H,1H3. The number of hydrogen-bond donors (Lipinski definition) is 0. The Labute approximate surface area is 229 Å². The third kappa shape index (κ3) is 3.89. The molecule has 0 bridgehead atoms. The first kappa shape index (κ1) is 24.0. The van der Waals surface area contributed by atoms with E-state index in [-0.39, 0.29) is 5.57 Å². The van der Waals surface area contributed by atoms with E-state index in [9.17, 15) is 0 Å². The van der Waals surface area contributed by atoms with E-state index in [1.54, 1.807) is 6.08 Å². The highest BCUT2D eigenvalue weighted by Gasteiger charge is 2.45. The van der Waals surface area contributed by atoms with E-state index in [1.165, 1.54) is 27.9 Å². The van der Waals surface area contributed by atoms with Gasteiger partial charge in [-0.1, -0.05) is 109 Å². The number of benzene rings is 5. The highest BCUT2D eigenvalue weighted by molar-refractivity contribution is 5.85. The third-order valence-electron chi connectivity index (χ3n) is 7.64. The maximum Gasteiger partial charge on any atom is 0.130 e. The summed E-state index contributed by atoms with van der Waals surface area (Å²) in [6, 6.07) is 48.8. The van der Waals surface area contributed by atoms with E-state index in [2.05, 4.69) is 115 Å². The van der Waals surface area contributed by atoms with Gasteiger partial charge in [0.25, 0.3) is 0 Å². The van der Waals surface area contributed by atoms with E-state index >= 15 is 0 Å². The van der Waals surface area contributed by atoms with Crippen molar-refractivity contribution in [1.29, 1.82) is 10.5 Å². The molecule has 39 heavy (non-hydrogen) atoms. The summed E-state index contributed by atoms with van der Waals surface area (Å²) in [6.45, 7) is 0. The summed E-state index contributed by atoms with van der Waals surface area (Å²) in [7, 11) is 2.14. The number of fused-ring (bicyclic) bond motifs is 2. The molecule has 3 heteroatoms. The van der Waals surface area contributed by atoms with Crippen molar-refractivity contribution in [2.24, 2.45) is 0 Å². The molecule has 0 fully saturated rings. The quantitative estimate of drug-likeness (QED) is 0.234. The molecule has 6 rings (SSSR count). The Bertz CT molecular complexity index is 1710. The number of para-hydroxylation sites is 1. The Morgan fingerprint density at radius 2 is 1.15 bits per heavy atom. The molecular weight excluding hydrogens is 474 g/mol. The lowest BCUT2D eigenvalue weighted by Crippen LogP contribution is -2.37. The van der Waals surface area contributed by atoms with Crippen molar-refractivity contribution in [3.05, 3.63) is 161 Å². The first-order valence-electron chi connectivity index (χ1n) is 12.9. The molecule has 0 amide bonds. The van der Waals surface area contributed by atoms with Crippen LogP contribution < -0.4 is 4.90 Å². The SMILES string of the molecule is CN1c2ccccc2C(c2ccccc2)(c2ccccc2)c2cc(-c3ccc(C=C(C#N)C#N)cc3)ccc21. The van der Waals surface area contributed by atoms with Crippen LogP contribution in [0.3, 0.4) is 0 Å².